The van der Waals surface area contributed by atoms with E-state index in [1.807, 2.05) is 0 Å². The van der Waals surface area contributed by atoms with Gasteiger partial charge in [-0.25, -0.2) is 4.57 Å². The molecule has 1 saturated heterocycles. The molecule has 80 valence electrons. The molecule has 0 N–H and O–H groups in total. The highest BCUT2D eigenvalue weighted by atomic mass is 28.4. The van der Waals surface area contributed by atoms with Crippen LogP contribution in [0.25, 0.3) is 0 Å². The van der Waals surface area contributed by atoms with Crippen molar-refractivity contribution in [2.24, 2.45) is 0 Å². The minimum atomic E-state index is -3.28. The van der Waals surface area contributed by atoms with Crippen LogP contribution in [0.3, 0.4) is 0 Å². The normalized spacial score (nSPS) is 18.1. The molecule has 1 aliphatic heterocycles. The molecule has 0 aliphatic carbocycles. The van der Waals surface area contributed by atoms with Gasteiger partial charge in [-0.15, -0.1) is 0 Å². The van der Waals surface area contributed by atoms with Crippen molar-refractivity contribution in [2.45, 2.75) is 12.8 Å². The van der Waals surface area contributed by atoms with Crippen molar-refractivity contribution in [3.63, 3.8) is 0 Å². The highest BCUT2D eigenvalue weighted by molar-refractivity contribution is 6.64. The molecule has 0 atom stereocenters. The Morgan fingerprint density at radius 1 is 1.00 bits per heavy atom. The van der Waals surface area contributed by atoms with Crippen LogP contribution in [0.15, 0.2) is 0 Å². The van der Waals surface area contributed by atoms with E-state index in [0.29, 0.717) is 0 Å². The minimum absolute atomic E-state index is 0.198. The average Bonchev–Trinajstić information content (AvgIpc) is 2.53. The standard InChI is InChI=1S/C7H13NO5Si/c1-11-14(12-2,13-3)8-6(9)4-5-7(8)10/h4-5H2,1-3H3. The summed E-state index contributed by atoms with van der Waals surface area (Å²) in [6.45, 7) is 0. The summed E-state index contributed by atoms with van der Waals surface area (Å²) in [7, 11) is 0.801. The van der Waals surface area contributed by atoms with E-state index >= 15 is 0 Å². The molecule has 0 aromatic rings. The van der Waals surface area contributed by atoms with Crippen LogP contribution in [-0.2, 0) is 22.9 Å². The lowest BCUT2D eigenvalue weighted by molar-refractivity contribution is -0.137. The molecular formula is C7H13NO5Si. The summed E-state index contributed by atoms with van der Waals surface area (Å²) in [6.07, 6.45) is 0.396. The first kappa shape index (κ1) is 11.3. The van der Waals surface area contributed by atoms with E-state index in [4.69, 9.17) is 13.3 Å². The Morgan fingerprint density at radius 3 is 1.64 bits per heavy atom. The lowest BCUT2D eigenvalue weighted by atomic mass is 10.4. The van der Waals surface area contributed by atoms with Crippen molar-refractivity contribution in [2.75, 3.05) is 21.3 Å². The Hall–Kier alpha value is -0.763. The van der Waals surface area contributed by atoms with E-state index in [0.717, 1.165) is 4.57 Å². The van der Waals surface area contributed by atoms with Gasteiger partial charge in [0.05, 0.1) is 0 Å². The topological polar surface area (TPSA) is 65.1 Å². The molecule has 1 fully saturated rings. The zero-order valence-corrected chi connectivity index (χ0v) is 9.40. The second-order valence-electron chi connectivity index (χ2n) is 2.76. The molecular weight excluding hydrogens is 206 g/mol. The lowest BCUT2D eigenvalue weighted by Crippen LogP contribution is -2.61. The Bertz CT molecular complexity index is 228. The van der Waals surface area contributed by atoms with Gasteiger partial charge in [0.15, 0.2) is 0 Å². The number of carbonyl (C=O) groups excluding carboxylic acids is 2. The number of hydrogen-bond donors (Lipinski definition) is 0. The minimum Gasteiger partial charge on any atom is -0.359 e. The zero-order chi connectivity index (χ0) is 10.8. The Morgan fingerprint density at radius 2 is 1.36 bits per heavy atom. The first-order valence-corrected chi connectivity index (χ1v) is 5.80. The highest BCUT2D eigenvalue weighted by Gasteiger charge is 2.55. The summed E-state index contributed by atoms with van der Waals surface area (Å²) in [5, 5.41) is 0. The zero-order valence-electron chi connectivity index (χ0n) is 8.40. The van der Waals surface area contributed by atoms with Gasteiger partial charge in [0.25, 0.3) is 0 Å². The number of amides is 2. The molecule has 0 bridgehead atoms. The molecule has 0 aromatic heterocycles. The van der Waals surface area contributed by atoms with Crippen LogP contribution in [0.2, 0.25) is 0 Å². The van der Waals surface area contributed by atoms with E-state index < -0.39 is 8.97 Å². The maximum Gasteiger partial charge on any atom is 0.642 e. The molecule has 14 heavy (non-hydrogen) atoms. The van der Waals surface area contributed by atoms with Crippen molar-refractivity contribution < 1.29 is 22.9 Å². The SMILES string of the molecule is CO[Si](OC)(OC)N1C(=O)CCC1=O. The van der Waals surface area contributed by atoms with Crippen LogP contribution in [0, 0.1) is 0 Å². The van der Waals surface area contributed by atoms with Gasteiger partial charge < -0.3 is 13.3 Å². The largest absolute Gasteiger partial charge is 0.642 e. The number of nitrogens with zero attached hydrogens (tertiary/aromatic N) is 1. The first-order valence-electron chi connectivity index (χ1n) is 4.12. The fraction of sp³-hybridized carbons (Fsp3) is 0.714. The average molecular weight is 219 g/mol. The number of hydrogen-bond acceptors (Lipinski definition) is 5. The summed E-state index contributed by atoms with van der Waals surface area (Å²) < 4.78 is 16.1. The Balaban J connectivity index is 2.97. The Kier molecular flexibility index (Phi) is 3.37. The lowest BCUT2D eigenvalue weighted by Gasteiger charge is -2.30. The summed E-state index contributed by atoms with van der Waals surface area (Å²) in [5.74, 6) is -0.598. The van der Waals surface area contributed by atoms with Gasteiger partial charge in [0, 0.05) is 34.2 Å². The third-order valence-electron chi connectivity index (χ3n) is 2.10. The van der Waals surface area contributed by atoms with Crippen LogP contribution in [-0.4, -0.2) is 46.7 Å². The van der Waals surface area contributed by atoms with E-state index in [1.165, 1.54) is 21.3 Å². The fourth-order valence-corrected chi connectivity index (χ4v) is 3.29. The van der Waals surface area contributed by atoms with Gasteiger partial charge in [-0.3, -0.25) is 9.59 Å². The van der Waals surface area contributed by atoms with Gasteiger partial charge >= 0.3 is 8.97 Å². The third kappa shape index (κ3) is 1.59. The van der Waals surface area contributed by atoms with Crippen LogP contribution in [0.1, 0.15) is 12.8 Å². The molecule has 0 spiro atoms. The predicted molar refractivity (Wildman–Crippen MR) is 47.9 cm³/mol. The van der Waals surface area contributed by atoms with Crippen molar-refractivity contribution in [1.82, 2.24) is 4.57 Å². The molecule has 1 rings (SSSR count). The number of rotatable bonds is 4. The summed E-state index contributed by atoms with van der Waals surface area (Å²) in [4.78, 5) is 22.8. The molecule has 7 heteroatoms. The fourth-order valence-electron chi connectivity index (χ4n) is 1.41. The summed E-state index contributed by atoms with van der Waals surface area (Å²) in [6, 6.07) is 0. The van der Waals surface area contributed by atoms with Crippen molar-refractivity contribution in [3.8, 4) is 0 Å². The monoisotopic (exact) mass is 219 g/mol. The van der Waals surface area contributed by atoms with Crippen molar-refractivity contribution in [1.29, 1.82) is 0 Å². The first-order chi connectivity index (χ1) is 6.61. The van der Waals surface area contributed by atoms with Crippen LogP contribution < -0.4 is 0 Å². The van der Waals surface area contributed by atoms with Crippen LogP contribution in [0.5, 0.6) is 0 Å². The maximum atomic E-state index is 11.4. The van der Waals surface area contributed by atoms with E-state index in [-0.39, 0.29) is 24.7 Å². The predicted octanol–water partition coefficient (Wildman–Crippen LogP) is -0.490. The second kappa shape index (κ2) is 4.18. The maximum absolute atomic E-state index is 11.4. The van der Waals surface area contributed by atoms with E-state index in [1.54, 1.807) is 0 Å². The van der Waals surface area contributed by atoms with Crippen LogP contribution >= 0.6 is 0 Å². The molecule has 0 unspecified atom stereocenters. The number of carbonyl (C=O) groups is 2. The van der Waals surface area contributed by atoms with Gasteiger partial charge in [-0.2, -0.15) is 0 Å². The van der Waals surface area contributed by atoms with Gasteiger partial charge in [-0.1, -0.05) is 0 Å². The summed E-state index contributed by atoms with van der Waals surface area (Å²) >= 11 is 0. The molecule has 2 amide bonds. The van der Waals surface area contributed by atoms with Gasteiger partial charge in [0.1, 0.15) is 0 Å². The van der Waals surface area contributed by atoms with Gasteiger partial charge in [-0.05, 0) is 0 Å². The van der Waals surface area contributed by atoms with E-state index in [2.05, 4.69) is 0 Å². The van der Waals surface area contributed by atoms with E-state index in [9.17, 15) is 9.59 Å². The number of imide groups is 1. The molecule has 1 aliphatic rings. The van der Waals surface area contributed by atoms with Gasteiger partial charge in [0.2, 0.25) is 11.8 Å². The third-order valence-corrected chi connectivity index (χ3v) is 4.69. The molecule has 0 saturated carbocycles. The molecule has 6 nitrogen and oxygen atoms in total. The molecule has 0 aromatic carbocycles. The quantitative estimate of drug-likeness (QED) is 0.471. The van der Waals surface area contributed by atoms with Crippen molar-refractivity contribution >= 4 is 20.8 Å². The Labute approximate surface area is 83.2 Å². The second-order valence-corrected chi connectivity index (χ2v) is 5.48. The summed E-state index contributed by atoms with van der Waals surface area (Å²) in [5.41, 5.74) is 0. The molecule has 0 radical (unpaired) electrons. The highest BCUT2D eigenvalue weighted by Crippen LogP contribution is 2.21. The smallest absolute Gasteiger partial charge is 0.359 e. The molecule has 1 heterocycles. The van der Waals surface area contributed by atoms with Crippen molar-refractivity contribution in [3.05, 3.63) is 0 Å². The van der Waals surface area contributed by atoms with Crippen LogP contribution in [0.4, 0.5) is 0 Å².